The summed E-state index contributed by atoms with van der Waals surface area (Å²) < 4.78 is 26.8. The maximum Gasteiger partial charge on any atom is 0.284 e. The van der Waals surface area contributed by atoms with E-state index in [2.05, 4.69) is 18.8 Å². The van der Waals surface area contributed by atoms with Crippen LogP contribution in [0.25, 0.3) is 10.6 Å². The van der Waals surface area contributed by atoms with E-state index < -0.39 is 21.7 Å². The van der Waals surface area contributed by atoms with Crippen molar-refractivity contribution in [2.45, 2.75) is 25.5 Å². The minimum absolute atomic E-state index is 0.0371. The number of aromatic nitrogens is 1. The molecular weight excluding hydrogens is 406 g/mol. The smallest absolute Gasteiger partial charge is 0.266 e. The van der Waals surface area contributed by atoms with Crippen LogP contribution in [0.4, 0.5) is 0 Å². The molecule has 3 aromatic rings. The van der Waals surface area contributed by atoms with E-state index in [1.807, 2.05) is 35.1 Å². The Balaban J connectivity index is 1.73. The summed E-state index contributed by atoms with van der Waals surface area (Å²) in [5.74, 6) is -0.838. The average Bonchev–Trinajstić information content (AvgIpc) is 3.18. The molecule has 0 unspecified atom stereocenters. The molecule has 0 spiro atoms. The molecule has 29 heavy (non-hydrogen) atoms. The average molecular weight is 426 g/mol. The van der Waals surface area contributed by atoms with Gasteiger partial charge in [0, 0.05) is 10.9 Å². The van der Waals surface area contributed by atoms with E-state index in [1.165, 1.54) is 28.3 Å². The molecular formula is C21H19N3O3S2. The quantitative estimate of drug-likeness (QED) is 0.642. The van der Waals surface area contributed by atoms with Crippen LogP contribution in [-0.2, 0) is 15.8 Å². The summed E-state index contributed by atoms with van der Waals surface area (Å²) >= 11 is 1.27. The number of rotatable bonds is 6. The van der Waals surface area contributed by atoms with Gasteiger partial charge in [0.25, 0.3) is 5.91 Å². The molecule has 0 aliphatic rings. The standard InChI is InChI=1S/C21H19N3O3S2/c1-14(2)15-7-9-16(10-8-15)21-23-19(12-28-21)20(25)24-29(26,27)13-18-6-4-3-5-17(18)11-22/h3-10,12,14H,13H2,1-2H3,(H,24,25). The second kappa shape index (κ2) is 8.55. The first kappa shape index (κ1) is 20.7. The number of nitriles is 1. The van der Waals surface area contributed by atoms with Crippen LogP contribution in [0.3, 0.4) is 0 Å². The summed E-state index contributed by atoms with van der Waals surface area (Å²) in [6.07, 6.45) is 0. The van der Waals surface area contributed by atoms with Crippen molar-refractivity contribution in [1.29, 1.82) is 5.26 Å². The summed E-state index contributed by atoms with van der Waals surface area (Å²) in [5, 5.41) is 11.3. The van der Waals surface area contributed by atoms with Crippen molar-refractivity contribution in [2.75, 3.05) is 0 Å². The van der Waals surface area contributed by atoms with Crippen LogP contribution in [0.1, 0.15) is 46.9 Å². The van der Waals surface area contributed by atoms with Crippen LogP contribution in [0, 0.1) is 11.3 Å². The van der Waals surface area contributed by atoms with Crippen molar-refractivity contribution in [3.8, 4) is 16.6 Å². The summed E-state index contributed by atoms with van der Waals surface area (Å²) in [5.41, 5.74) is 2.69. The minimum atomic E-state index is -3.97. The van der Waals surface area contributed by atoms with E-state index >= 15 is 0 Å². The lowest BCUT2D eigenvalue weighted by atomic mass is 10.0. The second-order valence-corrected chi connectivity index (χ2v) is 9.35. The number of sulfonamides is 1. The minimum Gasteiger partial charge on any atom is -0.266 e. The molecule has 6 nitrogen and oxygen atoms in total. The number of hydrogen-bond donors (Lipinski definition) is 1. The predicted molar refractivity (Wildman–Crippen MR) is 113 cm³/mol. The number of amides is 1. The Bertz CT molecular complexity index is 1170. The van der Waals surface area contributed by atoms with Gasteiger partial charge in [-0.15, -0.1) is 11.3 Å². The van der Waals surface area contributed by atoms with Crippen molar-refractivity contribution in [3.05, 3.63) is 76.3 Å². The van der Waals surface area contributed by atoms with Crippen molar-refractivity contribution in [2.24, 2.45) is 0 Å². The van der Waals surface area contributed by atoms with Gasteiger partial charge in [0.05, 0.1) is 17.4 Å². The molecule has 148 valence electrons. The van der Waals surface area contributed by atoms with E-state index in [1.54, 1.807) is 18.2 Å². The summed E-state index contributed by atoms with van der Waals surface area (Å²) in [7, 11) is -3.97. The summed E-state index contributed by atoms with van der Waals surface area (Å²) in [6, 6.07) is 16.2. The van der Waals surface area contributed by atoms with Crippen LogP contribution in [-0.4, -0.2) is 19.3 Å². The molecule has 1 aromatic heterocycles. The summed E-state index contributed by atoms with van der Waals surface area (Å²) in [6.45, 7) is 4.21. The third-order valence-electron chi connectivity index (χ3n) is 4.29. The molecule has 3 rings (SSSR count). The van der Waals surface area contributed by atoms with Crippen LogP contribution in [0.5, 0.6) is 0 Å². The Kier molecular flexibility index (Phi) is 6.11. The molecule has 0 saturated carbocycles. The van der Waals surface area contributed by atoms with Gasteiger partial charge in [0.15, 0.2) is 0 Å². The van der Waals surface area contributed by atoms with E-state index in [-0.39, 0.29) is 11.3 Å². The molecule has 0 atom stereocenters. The highest BCUT2D eigenvalue weighted by Crippen LogP contribution is 2.26. The molecule has 8 heteroatoms. The third-order valence-corrected chi connectivity index (χ3v) is 6.37. The fourth-order valence-corrected chi connectivity index (χ4v) is 4.64. The van der Waals surface area contributed by atoms with Crippen molar-refractivity contribution in [3.63, 3.8) is 0 Å². The number of nitrogens with one attached hydrogen (secondary N) is 1. The van der Waals surface area contributed by atoms with Gasteiger partial charge in [-0.25, -0.2) is 18.1 Å². The first-order valence-corrected chi connectivity index (χ1v) is 11.4. The van der Waals surface area contributed by atoms with Crippen molar-refractivity contribution < 1.29 is 13.2 Å². The monoisotopic (exact) mass is 425 g/mol. The predicted octanol–water partition coefficient (Wildman–Crippen LogP) is 4.06. The zero-order valence-electron chi connectivity index (χ0n) is 15.9. The number of carbonyl (C=O) groups excluding carboxylic acids is 1. The van der Waals surface area contributed by atoms with Gasteiger partial charge in [-0.3, -0.25) is 4.79 Å². The Morgan fingerprint density at radius 3 is 2.52 bits per heavy atom. The molecule has 0 fully saturated rings. The Hall–Kier alpha value is -3.02. The zero-order chi connectivity index (χ0) is 21.0. The molecule has 2 aromatic carbocycles. The van der Waals surface area contributed by atoms with Gasteiger partial charge in [0.2, 0.25) is 10.0 Å². The second-order valence-electron chi connectivity index (χ2n) is 6.77. The number of thiazole rings is 1. The highest BCUT2D eigenvalue weighted by molar-refractivity contribution is 7.89. The lowest BCUT2D eigenvalue weighted by molar-refractivity contribution is 0.0977. The maximum atomic E-state index is 12.4. The fourth-order valence-electron chi connectivity index (χ4n) is 2.71. The van der Waals surface area contributed by atoms with Gasteiger partial charge >= 0.3 is 0 Å². The Labute approximate surface area is 173 Å². The molecule has 1 heterocycles. The zero-order valence-corrected chi connectivity index (χ0v) is 17.5. The molecule has 0 aliphatic carbocycles. The molecule has 0 saturated heterocycles. The van der Waals surface area contributed by atoms with E-state index in [4.69, 9.17) is 5.26 Å². The van der Waals surface area contributed by atoms with Gasteiger partial charge in [0.1, 0.15) is 10.7 Å². The first-order chi connectivity index (χ1) is 13.8. The molecule has 0 radical (unpaired) electrons. The first-order valence-electron chi connectivity index (χ1n) is 8.88. The van der Waals surface area contributed by atoms with Gasteiger partial charge < -0.3 is 0 Å². The van der Waals surface area contributed by atoms with Crippen LogP contribution in [0.15, 0.2) is 53.9 Å². The highest BCUT2D eigenvalue weighted by atomic mass is 32.2. The number of benzene rings is 2. The fraction of sp³-hybridized carbons (Fsp3) is 0.190. The van der Waals surface area contributed by atoms with E-state index in [9.17, 15) is 13.2 Å². The molecule has 0 aliphatic heterocycles. The number of nitrogens with zero attached hydrogens (tertiary/aromatic N) is 2. The van der Waals surface area contributed by atoms with Gasteiger partial charge in [-0.2, -0.15) is 5.26 Å². The normalized spacial score (nSPS) is 11.2. The number of hydrogen-bond acceptors (Lipinski definition) is 6. The largest absolute Gasteiger partial charge is 0.284 e. The molecule has 1 amide bonds. The lowest BCUT2D eigenvalue weighted by Crippen LogP contribution is -2.32. The molecule has 0 bridgehead atoms. The maximum absolute atomic E-state index is 12.4. The van der Waals surface area contributed by atoms with Crippen molar-refractivity contribution in [1.82, 2.24) is 9.71 Å². The van der Waals surface area contributed by atoms with Crippen LogP contribution < -0.4 is 4.72 Å². The van der Waals surface area contributed by atoms with Gasteiger partial charge in [-0.05, 0) is 23.1 Å². The number of carbonyl (C=O) groups is 1. The topological polar surface area (TPSA) is 99.9 Å². The Morgan fingerprint density at radius 1 is 1.17 bits per heavy atom. The molecule has 1 N–H and O–H groups in total. The lowest BCUT2D eigenvalue weighted by Gasteiger charge is -2.07. The SMILES string of the molecule is CC(C)c1ccc(-c2nc(C(=O)NS(=O)(=O)Cc3ccccc3C#N)cs2)cc1. The summed E-state index contributed by atoms with van der Waals surface area (Å²) in [4.78, 5) is 16.7. The van der Waals surface area contributed by atoms with E-state index in [0.717, 1.165) is 5.56 Å². The van der Waals surface area contributed by atoms with Crippen LogP contribution >= 0.6 is 11.3 Å². The third kappa shape index (κ3) is 5.08. The van der Waals surface area contributed by atoms with Crippen molar-refractivity contribution >= 4 is 27.3 Å². The highest BCUT2D eigenvalue weighted by Gasteiger charge is 2.20. The van der Waals surface area contributed by atoms with Crippen LogP contribution in [0.2, 0.25) is 0 Å². The Morgan fingerprint density at radius 2 is 1.86 bits per heavy atom. The van der Waals surface area contributed by atoms with Gasteiger partial charge in [-0.1, -0.05) is 56.3 Å². The van der Waals surface area contributed by atoms with E-state index in [0.29, 0.717) is 16.5 Å².